The summed E-state index contributed by atoms with van der Waals surface area (Å²) in [5.74, 6) is 0.277. The highest BCUT2D eigenvalue weighted by Gasteiger charge is 2.16. The maximum absolute atomic E-state index is 8.56. The van der Waals surface area contributed by atoms with Crippen LogP contribution in [0, 0.1) is 0 Å². The average molecular weight is 214 g/mol. The minimum absolute atomic E-state index is 0.00222. The standard InChI is InChI=1S/C10H22N4O/c1-9(10(11)12-15)13(2)7-8-14-5-3-4-6-14/h9,15H,3-8H2,1-2H3,(H2,11,12). The van der Waals surface area contributed by atoms with Crippen molar-refractivity contribution in [3.63, 3.8) is 0 Å². The van der Waals surface area contributed by atoms with E-state index in [1.165, 1.54) is 25.9 Å². The van der Waals surface area contributed by atoms with E-state index in [-0.39, 0.29) is 11.9 Å². The Morgan fingerprint density at radius 2 is 2.13 bits per heavy atom. The lowest BCUT2D eigenvalue weighted by atomic mass is 10.3. The molecule has 1 heterocycles. The highest BCUT2D eigenvalue weighted by molar-refractivity contribution is 5.84. The number of amidine groups is 1. The lowest BCUT2D eigenvalue weighted by Gasteiger charge is -2.25. The Morgan fingerprint density at radius 1 is 1.53 bits per heavy atom. The van der Waals surface area contributed by atoms with E-state index in [2.05, 4.69) is 15.0 Å². The number of hydrogen-bond acceptors (Lipinski definition) is 4. The summed E-state index contributed by atoms with van der Waals surface area (Å²) in [7, 11) is 2.00. The van der Waals surface area contributed by atoms with Crippen molar-refractivity contribution in [2.45, 2.75) is 25.8 Å². The van der Waals surface area contributed by atoms with E-state index in [0.717, 1.165) is 13.1 Å². The fourth-order valence-corrected chi connectivity index (χ4v) is 1.81. The summed E-state index contributed by atoms with van der Waals surface area (Å²) in [4.78, 5) is 4.56. The van der Waals surface area contributed by atoms with Crippen LogP contribution in [-0.2, 0) is 0 Å². The van der Waals surface area contributed by atoms with Crippen molar-refractivity contribution in [2.24, 2.45) is 10.9 Å². The Morgan fingerprint density at radius 3 is 2.67 bits per heavy atom. The molecule has 0 spiro atoms. The number of likely N-dealkylation sites (N-methyl/N-ethyl adjacent to an activating group) is 1. The number of nitrogens with two attached hydrogens (primary N) is 1. The fourth-order valence-electron chi connectivity index (χ4n) is 1.81. The summed E-state index contributed by atoms with van der Waals surface area (Å²) in [6, 6.07) is -0.00222. The molecule has 15 heavy (non-hydrogen) atoms. The van der Waals surface area contributed by atoms with Gasteiger partial charge in [-0.1, -0.05) is 5.16 Å². The first kappa shape index (κ1) is 12.3. The zero-order valence-corrected chi connectivity index (χ0v) is 9.69. The molecule has 1 saturated heterocycles. The second-order valence-corrected chi connectivity index (χ2v) is 4.23. The van der Waals surface area contributed by atoms with Crippen molar-refractivity contribution >= 4 is 5.84 Å². The topological polar surface area (TPSA) is 65.1 Å². The Hall–Kier alpha value is -0.810. The molecule has 88 valence electrons. The van der Waals surface area contributed by atoms with Crippen LogP contribution in [0.3, 0.4) is 0 Å². The van der Waals surface area contributed by atoms with Crippen LogP contribution in [0.5, 0.6) is 0 Å². The Labute approximate surface area is 91.5 Å². The molecule has 0 aromatic rings. The normalized spacial score (nSPS) is 21.1. The molecule has 1 aliphatic heterocycles. The average Bonchev–Trinajstić information content (AvgIpc) is 2.76. The van der Waals surface area contributed by atoms with Crippen molar-refractivity contribution < 1.29 is 5.21 Å². The quantitative estimate of drug-likeness (QED) is 0.296. The molecule has 1 atom stereocenters. The number of rotatable bonds is 5. The molecule has 0 amide bonds. The second-order valence-electron chi connectivity index (χ2n) is 4.23. The van der Waals surface area contributed by atoms with Crippen molar-refractivity contribution in [1.29, 1.82) is 0 Å². The van der Waals surface area contributed by atoms with Gasteiger partial charge < -0.3 is 15.8 Å². The lowest BCUT2D eigenvalue weighted by Crippen LogP contribution is -2.43. The van der Waals surface area contributed by atoms with Crippen molar-refractivity contribution in [3.05, 3.63) is 0 Å². The summed E-state index contributed by atoms with van der Waals surface area (Å²) in [5.41, 5.74) is 5.55. The highest BCUT2D eigenvalue weighted by atomic mass is 16.4. The van der Waals surface area contributed by atoms with Gasteiger partial charge in [0.2, 0.25) is 0 Å². The van der Waals surface area contributed by atoms with Crippen LogP contribution in [0.2, 0.25) is 0 Å². The number of likely N-dealkylation sites (tertiary alicyclic amines) is 1. The molecule has 1 fully saturated rings. The van der Waals surface area contributed by atoms with Crippen molar-refractivity contribution in [1.82, 2.24) is 9.80 Å². The zero-order chi connectivity index (χ0) is 11.3. The smallest absolute Gasteiger partial charge is 0.156 e. The van der Waals surface area contributed by atoms with Crippen molar-refractivity contribution in [3.8, 4) is 0 Å². The van der Waals surface area contributed by atoms with Gasteiger partial charge in [-0.25, -0.2) is 0 Å². The second kappa shape index (κ2) is 5.92. The van der Waals surface area contributed by atoms with Crippen LogP contribution < -0.4 is 5.73 Å². The SMILES string of the molecule is CC(C(N)=NO)N(C)CCN1CCCC1. The highest BCUT2D eigenvalue weighted by Crippen LogP contribution is 2.07. The van der Waals surface area contributed by atoms with Gasteiger partial charge in [0.1, 0.15) is 0 Å². The van der Waals surface area contributed by atoms with E-state index >= 15 is 0 Å². The molecule has 0 aromatic heterocycles. The molecule has 1 rings (SSSR count). The lowest BCUT2D eigenvalue weighted by molar-refractivity contribution is 0.239. The largest absolute Gasteiger partial charge is 0.409 e. The molecule has 0 bridgehead atoms. The monoisotopic (exact) mass is 214 g/mol. The Bertz CT molecular complexity index is 213. The van der Waals surface area contributed by atoms with Gasteiger partial charge in [0.05, 0.1) is 6.04 Å². The maximum Gasteiger partial charge on any atom is 0.156 e. The zero-order valence-electron chi connectivity index (χ0n) is 9.69. The van der Waals surface area contributed by atoms with Gasteiger partial charge in [0, 0.05) is 13.1 Å². The Balaban J connectivity index is 2.25. The van der Waals surface area contributed by atoms with Crippen LogP contribution in [0.25, 0.3) is 0 Å². The van der Waals surface area contributed by atoms with Crippen LogP contribution in [0.4, 0.5) is 0 Å². The minimum atomic E-state index is -0.00222. The van der Waals surface area contributed by atoms with Crippen LogP contribution >= 0.6 is 0 Å². The van der Waals surface area contributed by atoms with Gasteiger partial charge in [0.15, 0.2) is 5.84 Å². The summed E-state index contributed by atoms with van der Waals surface area (Å²) < 4.78 is 0. The summed E-state index contributed by atoms with van der Waals surface area (Å²) in [5, 5.41) is 11.6. The van der Waals surface area contributed by atoms with E-state index in [0.29, 0.717) is 0 Å². The molecule has 1 aliphatic rings. The van der Waals surface area contributed by atoms with Gasteiger partial charge in [-0.15, -0.1) is 0 Å². The molecular formula is C10H22N4O. The van der Waals surface area contributed by atoms with Gasteiger partial charge in [-0.3, -0.25) is 4.90 Å². The van der Waals surface area contributed by atoms with Gasteiger partial charge >= 0.3 is 0 Å². The molecule has 0 radical (unpaired) electrons. The third-order valence-corrected chi connectivity index (χ3v) is 3.17. The van der Waals surface area contributed by atoms with E-state index in [4.69, 9.17) is 10.9 Å². The first-order valence-corrected chi connectivity index (χ1v) is 5.55. The first-order chi connectivity index (χ1) is 7.15. The predicted octanol–water partition coefficient (Wildman–Crippen LogP) is 0.149. The first-order valence-electron chi connectivity index (χ1n) is 5.55. The predicted molar refractivity (Wildman–Crippen MR) is 61.2 cm³/mol. The third kappa shape index (κ3) is 3.68. The number of hydrogen-bond donors (Lipinski definition) is 2. The summed E-state index contributed by atoms with van der Waals surface area (Å²) in [6.07, 6.45) is 2.64. The third-order valence-electron chi connectivity index (χ3n) is 3.17. The van der Waals surface area contributed by atoms with Crippen LogP contribution in [0.15, 0.2) is 5.16 Å². The number of oxime groups is 1. The molecule has 0 saturated carbocycles. The van der Waals surface area contributed by atoms with Crippen molar-refractivity contribution in [2.75, 3.05) is 33.2 Å². The summed E-state index contributed by atoms with van der Waals surface area (Å²) >= 11 is 0. The fraction of sp³-hybridized carbons (Fsp3) is 0.900. The number of nitrogens with zero attached hydrogens (tertiary/aromatic N) is 3. The van der Waals surface area contributed by atoms with E-state index in [1.807, 2.05) is 14.0 Å². The molecule has 0 aromatic carbocycles. The minimum Gasteiger partial charge on any atom is -0.409 e. The molecule has 5 nitrogen and oxygen atoms in total. The maximum atomic E-state index is 8.56. The summed E-state index contributed by atoms with van der Waals surface area (Å²) in [6.45, 7) is 6.40. The van der Waals surface area contributed by atoms with Gasteiger partial charge in [0.25, 0.3) is 0 Å². The van der Waals surface area contributed by atoms with Gasteiger partial charge in [-0.2, -0.15) is 0 Å². The van der Waals surface area contributed by atoms with Gasteiger partial charge in [-0.05, 0) is 39.9 Å². The van der Waals surface area contributed by atoms with Crippen LogP contribution in [0.1, 0.15) is 19.8 Å². The molecule has 0 aliphatic carbocycles. The van der Waals surface area contributed by atoms with E-state index in [1.54, 1.807) is 0 Å². The Kier molecular flexibility index (Phi) is 4.84. The van der Waals surface area contributed by atoms with Crippen LogP contribution in [-0.4, -0.2) is 60.1 Å². The molecular weight excluding hydrogens is 192 g/mol. The molecule has 5 heteroatoms. The van der Waals surface area contributed by atoms with E-state index < -0.39 is 0 Å². The van der Waals surface area contributed by atoms with E-state index in [9.17, 15) is 0 Å². The molecule has 3 N–H and O–H groups in total. The molecule has 1 unspecified atom stereocenters.